The van der Waals surface area contributed by atoms with E-state index in [1.807, 2.05) is 13.0 Å². The van der Waals surface area contributed by atoms with Gasteiger partial charge in [-0.3, -0.25) is 0 Å². The molecule has 1 fully saturated rings. The largest absolute Gasteiger partial charge is 0.372 e. The van der Waals surface area contributed by atoms with Gasteiger partial charge in [0.2, 0.25) is 5.95 Å². The SMILES string of the molecule is CCCCN(C)c1cc(C)nc(Nc2ccc(N3CCCC3)cc2)n1. The molecule has 5 nitrogen and oxygen atoms in total. The topological polar surface area (TPSA) is 44.3 Å². The van der Waals surface area contributed by atoms with Gasteiger partial charge in [-0.1, -0.05) is 13.3 Å². The van der Waals surface area contributed by atoms with Crippen molar-refractivity contribution in [2.75, 3.05) is 41.8 Å². The smallest absolute Gasteiger partial charge is 0.229 e. The first-order valence-corrected chi connectivity index (χ1v) is 9.34. The summed E-state index contributed by atoms with van der Waals surface area (Å²) >= 11 is 0. The zero-order valence-electron chi connectivity index (χ0n) is 15.6. The molecule has 0 radical (unpaired) electrons. The van der Waals surface area contributed by atoms with Crippen molar-refractivity contribution in [2.45, 2.75) is 39.5 Å². The molecular weight excluding hydrogens is 310 g/mol. The molecule has 0 saturated carbocycles. The van der Waals surface area contributed by atoms with Crippen molar-refractivity contribution in [3.63, 3.8) is 0 Å². The maximum atomic E-state index is 4.67. The van der Waals surface area contributed by atoms with Crippen LogP contribution in [0.5, 0.6) is 0 Å². The summed E-state index contributed by atoms with van der Waals surface area (Å²) in [5, 5.41) is 3.35. The van der Waals surface area contributed by atoms with Gasteiger partial charge >= 0.3 is 0 Å². The molecule has 1 saturated heterocycles. The van der Waals surface area contributed by atoms with Gasteiger partial charge in [0.05, 0.1) is 0 Å². The van der Waals surface area contributed by atoms with Crippen LogP contribution in [0.1, 0.15) is 38.3 Å². The third-order valence-corrected chi connectivity index (χ3v) is 4.67. The number of aryl methyl sites for hydroxylation is 1. The Morgan fingerprint density at radius 3 is 2.52 bits per heavy atom. The predicted octanol–water partition coefficient (Wildman–Crippen LogP) is 4.37. The molecule has 0 spiro atoms. The van der Waals surface area contributed by atoms with Gasteiger partial charge in [0.1, 0.15) is 5.82 Å². The van der Waals surface area contributed by atoms with Crippen molar-refractivity contribution in [3.8, 4) is 0 Å². The Hall–Kier alpha value is -2.30. The summed E-state index contributed by atoms with van der Waals surface area (Å²) in [6.07, 6.45) is 4.94. The molecule has 5 heteroatoms. The van der Waals surface area contributed by atoms with Crippen LogP contribution >= 0.6 is 0 Å². The number of rotatable bonds is 7. The standard InChI is InChI=1S/C20H29N5/c1-4-5-12-24(3)19-15-16(2)21-20(23-19)22-17-8-10-18(11-9-17)25-13-6-7-14-25/h8-11,15H,4-7,12-14H2,1-3H3,(H,21,22,23). The number of benzene rings is 1. The number of anilines is 4. The molecule has 2 aromatic rings. The minimum Gasteiger partial charge on any atom is -0.372 e. The lowest BCUT2D eigenvalue weighted by atomic mass is 10.2. The van der Waals surface area contributed by atoms with E-state index in [-0.39, 0.29) is 0 Å². The van der Waals surface area contributed by atoms with Gasteiger partial charge in [0.15, 0.2) is 0 Å². The number of unbranched alkanes of at least 4 members (excludes halogenated alkanes) is 1. The lowest BCUT2D eigenvalue weighted by molar-refractivity contribution is 0.758. The van der Waals surface area contributed by atoms with Crippen molar-refractivity contribution >= 4 is 23.1 Å². The fourth-order valence-electron chi connectivity index (χ4n) is 3.17. The van der Waals surface area contributed by atoms with Crippen molar-refractivity contribution in [1.29, 1.82) is 0 Å². The van der Waals surface area contributed by atoms with E-state index >= 15 is 0 Å². The van der Waals surface area contributed by atoms with E-state index in [4.69, 9.17) is 0 Å². The summed E-state index contributed by atoms with van der Waals surface area (Å²) < 4.78 is 0. The Bertz CT molecular complexity index is 677. The molecule has 0 unspecified atom stereocenters. The molecule has 3 rings (SSSR count). The van der Waals surface area contributed by atoms with Crippen LogP contribution in [0.15, 0.2) is 30.3 Å². The Kier molecular flexibility index (Phi) is 5.74. The fourth-order valence-corrected chi connectivity index (χ4v) is 3.17. The van der Waals surface area contributed by atoms with Crippen LogP contribution in [0.3, 0.4) is 0 Å². The molecule has 0 aliphatic carbocycles. The molecule has 0 atom stereocenters. The van der Waals surface area contributed by atoms with Gasteiger partial charge in [-0.2, -0.15) is 4.98 Å². The summed E-state index contributed by atoms with van der Waals surface area (Å²) in [7, 11) is 2.09. The molecular formula is C20H29N5. The molecule has 0 amide bonds. The first-order chi connectivity index (χ1) is 12.2. The van der Waals surface area contributed by atoms with Gasteiger partial charge in [-0.05, 0) is 50.5 Å². The third-order valence-electron chi connectivity index (χ3n) is 4.67. The van der Waals surface area contributed by atoms with Crippen LogP contribution in [0.25, 0.3) is 0 Å². The average molecular weight is 339 g/mol. The summed E-state index contributed by atoms with van der Waals surface area (Å²) in [5.41, 5.74) is 3.30. The quantitative estimate of drug-likeness (QED) is 0.812. The lowest BCUT2D eigenvalue weighted by Gasteiger charge is -2.19. The number of hydrogen-bond donors (Lipinski definition) is 1. The summed E-state index contributed by atoms with van der Waals surface area (Å²) in [6.45, 7) is 7.57. The van der Waals surface area contributed by atoms with Gasteiger partial charge in [0.25, 0.3) is 0 Å². The second-order valence-corrected chi connectivity index (χ2v) is 6.83. The number of nitrogens with zero attached hydrogens (tertiary/aromatic N) is 4. The van der Waals surface area contributed by atoms with Crippen LogP contribution in [0, 0.1) is 6.92 Å². The van der Waals surface area contributed by atoms with E-state index < -0.39 is 0 Å². The van der Waals surface area contributed by atoms with Crippen molar-refractivity contribution in [1.82, 2.24) is 9.97 Å². The highest BCUT2D eigenvalue weighted by Gasteiger charge is 2.12. The van der Waals surface area contributed by atoms with E-state index in [1.54, 1.807) is 0 Å². The van der Waals surface area contributed by atoms with E-state index in [9.17, 15) is 0 Å². The molecule has 1 aromatic carbocycles. The Balaban J connectivity index is 1.70. The Morgan fingerprint density at radius 1 is 1.12 bits per heavy atom. The number of aromatic nitrogens is 2. The van der Waals surface area contributed by atoms with Crippen LogP contribution < -0.4 is 15.1 Å². The summed E-state index contributed by atoms with van der Waals surface area (Å²) in [5.74, 6) is 1.63. The van der Waals surface area contributed by atoms with Gasteiger partial charge < -0.3 is 15.1 Å². The molecule has 1 aliphatic rings. The molecule has 1 aromatic heterocycles. The minimum absolute atomic E-state index is 0.660. The Morgan fingerprint density at radius 2 is 1.84 bits per heavy atom. The zero-order chi connectivity index (χ0) is 17.6. The lowest BCUT2D eigenvalue weighted by Crippen LogP contribution is -2.20. The Labute approximate surface area is 151 Å². The highest BCUT2D eigenvalue weighted by Crippen LogP contribution is 2.24. The maximum Gasteiger partial charge on any atom is 0.229 e. The molecule has 0 bridgehead atoms. The normalized spacial score (nSPS) is 14.0. The average Bonchev–Trinajstić information content (AvgIpc) is 3.14. The third kappa shape index (κ3) is 4.62. The first kappa shape index (κ1) is 17.5. The van der Waals surface area contributed by atoms with Crippen LogP contribution in [0.2, 0.25) is 0 Å². The van der Waals surface area contributed by atoms with E-state index in [0.717, 1.165) is 23.7 Å². The zero-order valence-corrected chi connectivity index (χ0v) is 15.6. The number of hydrogen-bond acceptors (Lipinski definition) is 5. The highest BCUT2D eigenvalue weighted by molar-refractivity contribution is 5.60. The van der Waals surface area contributed by atoms with Crippen LogP contribution in [-0.2, 0) is 0 Å². The minimum atomic E-state index is 0.660. The van der Waals surface area contributed by atoms with Crippen molar-refractivity contribution < 1.29 is 0 Å². The van der Waals surface area contributed by atoms with Gasteiger partial charge in [0, 0.05) is 49.8 Å². The molecule has 1 aliphatic heterocycles. The van der Waals surface area contributed by atoms with Crippen LogP contribution in [0.4, 0.5) is 23.1 Å². The second kappa shape index (κ2) is 8.19. The monoisotopic (exact) mass is 339 g/mol. The van der Waals surface area contributed by atoms with Gasteiger partial charge in [-0.15, -0.1) is 0 Å². The molecule has 1 N–H and O–H groups in total. The summed E-state index contributed by atoms with van der Waals surface area (Å²) in [4.78, 5) is 13.8. The molecule has 2 heterocycles. The predicted molar refractivity (Wildman–Crippen MR) is 106 cm³/mol. The molecule has 25 heavy (non-hydrogen) atoms. The fraction of sp³-hybridized carbons (Fsp3) is 0.500. The highest BCUT2D eigenvalue weighted by atomic mass is 15.2. The van der Waals surface area contributed by atoms with Crippen molar-refractivity contribution in [2.24, 2.45) is 0 Å². The molecule has 134 valence electrons. The van der Waals surface area contributed by atoms with Crippen LogP contribution in [-0.4, -0.2) is 36.6 Å². The first-order valence-electron chi connectivity index (χ1n) is 9.34. The number of nitrogens with one attached hydrogen (secondary N) is 1. The van der Waals surface area contributed by atoms with E-state index in [2.05, 4.69) is 63.3 Å². The van der Waals surface area contributed by atoms with E-state index in [0.29, 0.717) is 5.95 Å². The van der Waals surface area contributed by atoms with Crippen molar-refractivity contribution in [3.05, 3.63) is 36.0 Å². The van der Waals surface area contributed by atoms with Gasteiger partial charge in [-0.25, -0.2) is 4.98 Å². The second-order valence-electron chi connectivity index (χ2n) is 6.83. The maximum absolute atomic E-state index is 4.67. The van der Waals surface area contributed by atoms with E-state index in [1.165, 1.54) is 44.5 Å². The summed E-state index contributed by atoms with van der Waals surface area (Å²) in [6, 6.07) is 10.6.